The number of carbonyl (C=O) groups is 1. The van der Waals surface area contributed by atoms with Crippen LogP contribution in [0.25, 0.3) is 0 Å². The number of hydrogen-bond acceptors (Lipinski definition) is 2. The Labute approximate surface area is 91.3 Å². The van der Waals surface area contributed by atoms with Gasteiger partial charge in [0, 0.05) is 0 Å². The average molecular weight is 205 g/mol. The van der Waals surface area contributed by atoms with Gasteiger partial charge in [-0.1, -0.05) is 31.5 Å². The molecule has 0 aliphatic rings. The van der Waals surface area contributed by atoms with Crippen molar-refractivity contribution in [2.24, 2.45) is 0 Å². The second-order valence-electron chi connectivity index (χ2n) is 3.38. The molecule has 1 aromatic carbocycles. The zero-order chi connectivity index (χ0) is 11.1. The molecule has 0 unspecified atom stereocenters. The molecule has 2 heteroatoms. The molecule has 0 bridgehead atoms. The van der Waals surface area contributed by atoms with Gasteiger partial charge in [-0.2, -0.15) is 0 Å². The summed E-state index contributed by atoms with van der Waals surface area (Å²) in [4.78, 5) is 11.4. The third-order valence-corrected chi connectivity index (χ3v) is 2.33. The third-order valence-electron chi connectivity index (χ3n) is 2.33. The highest BCUT2D eigenvalue weighted by Gasteiger charge is 2.09. The van der Waals surface area contributed by atoms with Crippen molar-refractivity contribution in [3.8, 4) is 0 Å². The van der Waals surface area contributed by atoms with E-state index in [0.717, 1.165) is 24.8 Å². The summed E-state index contributed by atoms with van der Waals surface area (Å²) in [7, 11) is 1.41. The first-order chi connectivity index (χ1) is 7.29. The van der Waals surface area contributed by atoms with Crippen molar-refractivity contribution in [3.63, 3.8) is 0 Å². The SMILES string of the molecule is CC[CH]CCc1ccccc1C(=O)OC. The van der Waals surface area contributed by atoms with Gasteiger partial charge >= 0.3 is 5.97 Å². The highest BCUT2D eigenvalue weighted by atomic mass is 16.5. The summed E-state index contributed by atoms with van der Waals surface area (Å²) in [5, 5.41) is 0. The van der Waals surface area contributed by atoms with E-state index in [9.17, 15) is 4.79 Å². The van der Waals surface area contributed by atoms with Crippen molar-refractivity contribution in [1.29, 1.82) is 0 Å². The van der Waals surface area contributed by atoms with E-state index in [0.29, 0.717) is 5.56 Å². The Balaban J connectivity index is 2.73. The topological polar surface area (TPSA) is 26.3 Å². The van der Waals surface area contributed by atoms with Crippen LogP contribution < -0.4 is 0 Å². The van der Waals surface area contributed by atoms with Crippen molar-refractivity contribution in [2.45, 2.75) is 26.2 Å². The first-order valence-corrected chi connectivity index (χ1v) is 5.27. The Morgan fingerprint density at radius 1 is 1.40 bits per heavy atom. The Morgan fingerprint density at radius 2 is 2.13 bits per heavy atom. The maximum absolute atomic E-state index is 11.4. The maximum Gasteiger partial charge on any atom is 0.338 e. The van der Waals surface area contributed by atoms with Gasteiger partial charge in [0.15, 0.2) is 0 Å². The number of esters is 1. The first-order valence-electron chi connectivity index (χ1n) is 5.27. The molecule has 1 radical (unpaired) electrons. The van der Waals surface area contributed by atoms with Gasteiger partial charge in [-0.3, -0.25) is 0 Å². The summed E-state index contributed by atoms with van der Waals surface area (Å²) in [5.74, 6) is -0.248. The Kier molecular flexibility index (Phi) is 4.88. The van der Waals surface area contributed by atoms with E-state index in [1.807, 2.05) is 24.3 Å². The highest BCUT2D eigenvalue weighted by molar-refractivity contribution is 5.90. The van der Waals surface area contributed by atoms with E-state index in [1.165, 1.54) is 7.11 Å². The van der Waals surface area contributed by atoms with E-state index in [4.69, 9.17) is 4.74 Å². The monoisotopic (exact) mass is 205 g/mol. The van der Waals surface area contributed by atoms with Crippen molar-refractivity contribution < 1.29 is 9.53 Å². The van der Waals surface area contributed by atoms with Crippen molar-refractivity contribution in [2.75, 3.05) is 7.11 Å². The molecule has 0 heterocycles. The Morgan fingerprint density at radius 3 is 2.80 bits per heavy atom. The molecule has 0 aromatic heterocycles. The van der Waals surface area contributed by atoms with Crippen LogP contribution in [0.3, 0.4) is 0 Å². The molecule has 0 saturated heterocycles. The summed E-state index contributed by atoms with van der Waals surface area (Å²) < 4.78 is 4.73. The standard InChI is InChI=1S/C13H17O2/c1-3-4-5-8-11-9-6-7-10-12(11)13(14)15-2/h4,6-7,9-10H,3,5,8H2,1-2H3. The van der Waals surface area contributed by atoms with E-state index in [-0.39, 0.29) is 5.97 Å². The Hall–Kier alpha value is -1.31. The summed E-state index contributed by atoms with van der Waals surface area (Å²) in [6.07, 6.45) is 5.19. The molecule has 0 N–H and O–H groups in total. The molecule has 81 valence electrons. The molecule has 0 fully saturated rings. The number of hydrogen-bond donors (Lipinski definition) is 0. The molecule has 15 heavy (non-hydrogen) atoms. The smallest absolute Gasteiger partial charge is 0.338 e. The second-order valence-corrected chi connectivity index (χ2v) is 3.38. The normalized spacial score (nSPS) is 10.0. The van der Waals surface area contributed by atoms with Crippen molar-refractivity contribution >= 4 is 5.97 Å². The number of benzene rings is 1. The van der Waals surface area contributed by atoms with E-state index >= 15 is 0 Å². The number of aryl methyl sites for hydroxylation is 1. The molecule has 1 rings (SSSR count). The minimum atomic E-state index is -0.248. The lowest BCUT2D eigenvalue weighted by Gasteiger charge is -2.06. The number of rotatable bonds is 5. The fourth-order valence-electron chi connectivity index (χ4n) is 1.51. The van der Waals surface area contributed by atoms with Crippen LogP contribution in [-0.4, -0.2) is 13.1 Å². The molecule has 0 saturated carbocycles. The summed E-state index contributed by atoms with van der Waals surface area (Å²) in [6, 6.07) is 7.61. The number of ether oxygens (including phenoxy) is 1. The van der Waals surface area contributed by atoms with Crippen LogP contribution in [0.4, 0.5) is 0 Å². The molecule has 0 amide bonds. The fourth-order valence-corrected chi connectivity index (χ4v) is 1.51. The van der Waals surface area contributed by atoms with Crippen LogP contribution in [0, 0.1) is 6.42 Å². The highest BCUT2D eigenvalue weighted by Crippen LogP contribution is 2.13. The molecular formula is C13H17O2. The molecule has 0 spiro atoms. The second kappa shape index (κ2) is 6.23. The fraction of sp³-hybridized carbons (Fsp3) is 0.385. The molecule has 1 aromatic rings. The number of methoxy groups -OCH3 is 1. The van der Waals surface area contributed by atoms with Gasteiger partial charge in [-0.25, -0.2) is 4.79 Å². The van der Waals surface area contributed by atoms with Crippen LogP contribution in [0.15, 0.2) is 24.3 Å². The minimum absolute atomic E-state index is 0.248. The lowest BCUT2D eigenvalue weighted by molar-refractivity contribution is 0.0599. The predicted molar refractivity (Wildman–Crippen MR) is 60.7 cm³/mol. The van der Waals surface area contributed by atoms with Crippen LogP contribution in [-0.2, 0) is 11.2 Å². The lowest BCUT2D eigenvalue weighted by Crippen LogP contribution is -2.05. The van der Waals surface area contributed by atoms with Crippen molar-refractivity contribution in [1.82, 2.24) is 0 Å². The van der Waals surface area contributed by atoms with Gasteiger partial charge in [0.2, 0.25) is 0 Å². The number of carbonyl (C=O) groups excluding carboxylic acids is 1. The van der Waals surface area contributed by atoms with E-state index in [2.05, 4.69) is 13.3 Å². The third kappa shape index (κ3) is 3.39. The van der Waals surface area contributed by atoms with Crippen LogP contribution in [0.1, 0.15) is 35.7 Å². The molecule has 2 nitrogen and oxygen atoms in total. The van der Waals surface area contributed by atoms with Gasteiger partial charge in [0.05, 0.1) is 12.7 Å². The maximum atomic E-state index is 11.4. The summed E-state index contributed by atoms with van der Waals surface area (Å²) >= 11 is 0. The Bertz CT molecular complexity index is 318. The van der Waals surface area contributed by atoms with Crippen molar-refractivity contribution in [3.05, 3.63) is 41.8 Å². The number of unbranched alkanes of at least 4 members (excludes halogenated alkanes) is 2. The molecule has 0 aliphatic heterocycles. The molecule has 0 aliphatic carbocycles. The van der Waals surface area contributed by atoms with E-state index in [1.54, 1.807) is 0 Å². The minimum Gasteiger partial charge on any atom is -0.465 e. The van der Waals surface area contributed by atoms with Gasteiger partial charge in [-0.15, -0.1) is 0 Å². The largest absolute Gasteiger partial charge is 0.465 e. The summed E-state index contributed by atoms with van der Waals surface area (Å²) in [6.45, 7) is 2.12. The predicted octanol–water partition coefficient (Wildman–Crippen LogP) is 3.02. The van der Waals surface area contributed by atoms with E-state index < -0.39 is 0 Å². The molecular weight excluding hydrogens is 188 g/mol. The zero-order valence-corrected chi connectivity index (χ0v) is 9.32. The average Bonchev–Trinajstić information content (AvgIpc) is 2.29. The van der Waals surface area contributed by atoms with Crippen LogP contribution in [0.2, 0.25) is 0 Å². The first kappa shape index (κ1) is 11.8. The lowest BCUT2D eigenvalue weighted by atomic mass is 10.0. The summed E-state index contributed by atoms with van der Waals surface area (Å²) in [5.41, 5.74) is 1.75. The van der Waals surface area contributed by atoms with Gasteiger partial charge in [-0.05, 0) is 30.9 Å². The molecule has 0 atom stereocenters. The van der Waals surface area contributed by atoms with Crippen LogP contribution >= 0.6 is 0 Å². The van der Waals surface area contributed by atoms with Crippen LogP contribution in [0.5, 0.6) is 0 Å². The van der Waals surface area contributed by atoms with Gasteiger partial charge < -0.3 is 4.74 Å². The van der Waals surface area contributed by atoms with Gasteiger partial charge in [0.25, 0.3) is 0 Å². The zero-order valence-electron chi connectivity index (χ0n) is 9.32. The van der Waals surface area contributed by atoms with Gasteiger partial charge in [0.1, 0.15) is 0 Å². The quantitative estimate of drug-likeness (QED) is 0.545.